The molecule has 3 aromatic rings. The van der Waals surface area contributed by atoms with Crippen LogP contribution in [0.4, 0.5) is 0 Å². The fraction of sp³-hybridized carbons (Fsp3) is 0.190. The van der Waals surface area contributed by atoms with Gasteiger partial charge in [-0.1, -0.05) is 42.5 Å². The van der Waals surface area contributed by atoms with Crippen molar-refractivity contribution < 1.29 is 18.3 Å². The highest BCUT2D eigenvalue weighted by Gasteiger charge is 2.28. The van der Waals surface area contributed by atoms with Crippen LogP contribution in [0, 0.1) is 0 Å². The van der Waals surface area contributed by atoms with E-state index in [1.54, 1.807) is 12.1 Å². The third-order valence-corrected chi connectivity index (χ3v) is 8.33. The van der Waals surface area contributed by atoms with Gasteiger partial charge >= 0.3 is 0 Å². The molecule has 7 heteroatoms. The average molecular weight is 413 g/mol. The summed E-state index contributed by atoms with van der Waals surface area (Å²) in [6.07, 6.45) is 3.25. The number of fused-ring (bicyclic) bond motifs is 1. The Morgan fingerprint density at radius 1 is 1.00 bits per heavy atom. The number of nitrogens with zero attached hydrogens (tertiary/aromatic N) is 1. The maximum Gasteiger partial charge on any atom is 0.252 e. The van der Waals surface area contributed by atoms with Gasteiger partial charge in [0.1, 0.15) is 4.21 Å². The quantitative estimate of drug-likeness (QED) is 0.604. The van der Waals surface area contributed by atoms with Gasteiger partial charge in [-0.05, 0) is 47.4 Å². The molecule has 144 valence electrons. The number of sulfonamides is 1. The zero-order valence-corrected chi connectivity index (χ0v) is 16.6. The lowest BCUT2D eigenvalue weighted by Gasteiger charge is -2.13. The molecule has 5 nitrogen and oxygen atoms in total. The van der Waals surface area contributed by atoms with Crippen LogP contribution < -0.4 is 5.11 Å². The van der Waals surface area contributed by atoms with Gasteiger partial charge < -0.3 is 9.90 Å². The first-order valence-corrected chi connectivity index (χ1v) is 11.2. The molecule has 1 aromatic heterocycles. The van der Waals surface area contributed by atoms with E-state index in [2.05, 4.69) is 0 Å². The zero-order valence-electron chi connectivity index (χ0n) is 15.0. The summed E-state index contributed by atoms with van der Waals surface area (Å²) >= 11 is 0.969. The predicted molar refractivity (Wildman–Crippen MR) is 109 cm³/mol. The lowest BCUT2D eigenvalue weighted by Crippen LogP contribution is -2.27. The van der Waals surface area contributed by atoms with Gasteiger partial charge in [-0.25, -0.2) is 8.42 Å². The van der Waals surface area contributed by atoms with Crippen molar-refractivity contribution in [2.24, 2.45) is 0 Å². The number of carbonyl (C=O) groups is 1. The van der Waals surface area contributed by atoms with E-state index in [9.17, 15) is 18.3 Å². The van der Waals surface area contributed by atoms with Crippen molar-refractivity contribution in [3.63, 3.8) is 0 Å². The molecule has 4 rings (SSSR count). The van der Waals surface area contributed by atoms with Crippen LogP contribution in [0.25, 0.3) is 22.4 Å². The molecule has 28 heavy (non-hydrogen) atoms. The molecule has 0 bridgehead atoms. The van der Waals surface area contributed by atoms with E-state index in [-0.39, 0.29) is 9.78 Å². The van der Waals surface area contributed by atoms with Gasteiger partial charge in [-0.3, -0.25) is 0 Å². The lowest BCUT2D eigenvalue weighted by molar-refractivity contribution is -0.295. The third-order valence-electron chi connectivity index (χ3n) is 4.85. The van der Waals surface area contributed by atoms with Crippen LogP contribution in [0.3, 0.4) is 0 Å². The predicted octanol–water partition coefficient (Wildman–Crippen LogP) is 2.98. The number of hydrogen-bond donors (Lipinski definition) is 0. The van der Waals surface area contributed by atoms with Crippen LogP contribution in [0.15, 0.2) is 58.8 Å². The Balaban J connectivity index is 1.76. The highest BCUT2D eigenvalue weighted by molar-refractivity contribution is 7.91. The molecule has 0 saturated carbocycles. The topological polar surface area (TPSA) is 77.5 Å². The molecule has 1 saturated heterocycles. The number of carboxylic acid groups (broad SMARTS) is 1. The molecule has 2 heterocycles. The Labute approximate surface area is 167 Å². The molecule has 0 spiro atoms. The molecule has 0 N–H and O–H groups in total. The standard InChI is InChI=1S/C21H19NO4S2/c23-21(24)18(14-16-8-5-7-15-6-1-2-9-17(15)16)19-10-11-20(27-19)28(25,26)22-12-3-4-13-22/h1-2,5-11,14H,3-4,12-13H2,(H,23,24)/p-1/b18-14-. The first-order valence-electron chi connectivity index (χ1n) is 8.98. The molecular formula is C21H18NO4S2-. The van der Waals surface area contributed by atoms with Gasteiger partial charge in [0.05, 0.1) is 5.97 Å². The monoisotopic (exact) mass is 412 g/mol. The van der Waals surface area contributed by atoms with Crippen LogP contribution in [0.2, 0.25) is 0 Å². The van der Waals surface area contributed by atoms with Gasteiger partial charge in [-0.15, -0.1) is 11.3 Å². The van der Waals surface area contributed by atoms with E-state index in [1.165, 1.54) is 10.4 Å². The van der Waals surface area contributed by atoms with E-state index in [0.717, 1.165) is 40.5 Å². The van der Waals surface area contributed by atoms with Crippen molar-refractivity contribution in [3.05, 3.63) is 65.0 Å². The Bertz CT molecular complexity index is 1170. The first-order chi connectivity index (χ1) is 13.5. The number of carbonyl (C=O) groups excluding carboxylic acids is 1. The minimum atomic E-state index is -3.57. The van der Waals surface area contributed by atoms with Crippen LogP contribution in [0.1, 0.15) is 23.3 Å². The Kier molecular flexibility index (Phi) is 5.05. The van der Waals surface area contributed by atoms with E-state index in [1.807, 2.05) is 42.5 Å². The van der Waals surface area contributed by atoms with E-state index in [0.29, 0.717) is 18.0 Å². The molecule has 0 radical (unpaired) electrons. The summed E-state index contributed by atoms with van der Waals surface area (Å²) in [6, 6.07) is 16.4. The smallest absolute Gasteiger partial charge is 0.252 e. The maximum absolute atomic E-state index is 12.7. The molecule has 1 aliphatic heterocycles. The molecular weight excluding hydrogens is 394 g/mol. The number of aliphatic carboxylic acids is 1. The summed E-state index contributed by atoms with van der Waals surface area (Å²) < 4.78 is 27.1. The molecule has 1 aliphatic rings. The molecule has 0 atom stereocenters. The summed E-state index contributed by atoms with van der Waals surface area (Å²) in [4.78, 5) is 12.2. The number of carboxylic acids is 1. The summed E-state index contributed by atoms with van der Waals surface area (Å²) in [5.74, 6) is -1.33. The van der Waals surface area contributed by atoms with Crippen molar-refractivity contribution >= 4 is 49.8 Å². The summed E-state index contributed by atoms with van der Waals surface area (Å²) in [7, 11) is -3.57. The molecule has 1 fully saturated rings. The summed E-state index contributed by atoms with van der Waals surface area (Å²) in [5, 5.41) is 13.7. The largest absolute Gasteiger partial charge is 0.545 e. The van der Waals surface area contributed by atoms with Crippen LogP contribution >= 0.6 is 11.3 Å². The highest BCUT2D eigenvalue weighted by Crippen LogP contribution is 2.32. The molecule has 2 aromatic carbocycles. The maximum atomic E-state index is 12.7. The second-order valence-corrected chi connectivity index (χ2v) is 9.89. The fourth-order valence-electron chi connectivity index (χ4n) is 3.42. The summed E-state index contributed by atoms with van der Waals surface area (Å²) in [5.41, 5.74) is 0.721. The molecule has 0 amide bonds. The van der Waals surface area contributed by atoms with Crippen LogP contribution in [-0.4, -0.2) is 31.8 Å². The number of thiophene rings is 1. The number of benzene rings is 2. The average Bonchev–Trinajstić information content (AvgIpc) is 3.38. The zero-order chi connectivity index (χ0) is 19.7. The lowest BCUT2D eigenvalue weighted by atomic mass is 10.0. The van der Waals surface area contributed by atoms with Crippen molar-refractivity contribution in [1.29, 1.82) is 0 Å². The van der Waals surface area contributed by atoms with Gasteiger partial charge in [0.25, 0.3) is 10.0 Å². The summed E-state index contributed by atoms with van der Waals surface area (Å²) in [6.45, 7) is 1.02. The highest BCUT2D eigenvalue weighted by atomic mass is 32.2. The van der Waals surface area contributed by atoms with Crippen molar-refractivity contribution in [2.75, 3.05) is 13.1 Å². The Morgan fingerprint density at radius 2 is 1.71 bits per heavy atom. The van der Waals surface area contributed by atoms with Gasteiger partial charge in [0, 0.05) is 23.5 Å². The number of hydrogen-bond acceptors (Lipinski definition) is 5. The third kappa shape index (κ3) is 3.48. The minimum absolute atomic E-state index is 0.0239. The molecule has 0 unspecified atom stereocenters. The SMILES string of the molecule is O=C([O-])/C(=C\c1cccc2ccccc12)c1ccc(S(=O)(=O)N2CCCC2)s1. The Hall–Kier alpha value is -2.48. The van der Waals surface area contributed by atoms with Crippen molar-refractivity contribution in [2.45, 2.75) is 17.1 Å². The normalized spacial score (nSPS) is 15.9. The minimum Gasteiger partial charge on any atom is -0.545 e. The first kappa shape index (κ1) is 18.9. The Morgan fingerprint density at radius 3 is 2.46 bits per heavy atom. The molecule has 0 aliphatic carbocycles. The van der Waals surface area contributed by atoms with Crippen molar-refractivity contribution in [3.8, 4) is 0 Å². The van der Waals surface area contributed by atoms with Crippen LogP contribution in [0.5, 0.6) is 0 Å². The van der Waals surface area contributed by atoms with E-state index in [4.69, 9.17) is 0 Å². The second kappa shape index (κ2) is 7.50. The van der Waals surface area contributed by atoms with E-state index >= 15 is 0 Å². The number of rotatable bonds is 5. The second-order valence-electron chi connectivity index (χ2n) is 6.64. The van der Waals surface area contributed by atoms with E-state index < -0.39 is 16.0 Å². The van der Waals surface area contributed by atoms with Gasteiger partial charge in [-0.2, -0.15) is 4.31 Å². The van der Waals surface area contributed by atoms with Gasteiger partial charge in [0.2, 0.25) is 0 Å². The van der Waals surface area contributed by atoms with Crippen molar-refractivity contribution in [1.82, 2.24) is 4.31 Å². The fourth-order valence-corrected chi connectivity index (χ4v) is 6.40. The van der Waals surface area contributed by atoms with Crippen LogP contribution in [-0.2, 0) is 14.8 Å². The van der Waals surface area contributed by atoms with Gasteiger partial charge in [0.15, 0.2) is 0 Å².